The van der Waals surface area contributed by atoms with Crippen LogP contribution in [0.1, 0.15) is 23.1 Å². The van der Waals surface area contributed by atoms with Gasteiger partial charge in [-0.25, -0.2) is 0 Å². The Labute approximate surface area is 126 Å². The van der Waals surface area contributed by atoms with Gasteiger partial charge in [0, 0.05) is 15.1 Å². The number of fused-ring (bicyclic) bond motifs is 1. The van der Waals surface area contributed by atoms with Crippen molar-refractivity contribution in [3.63, 3.8) is 0 Å². The zero-order valence-corrected chi connectivity index (χ0v) is 12.8. The fourth-order valence-electron chi connectivity index (χ4n) is 2.44. The van der Waals surface area contributed by atoms with Crippen LogP contribution in [0.5, 0.6) is 5.75 Å². The third-order valence-corrected chi connectivity index (χ3v) is 4.32. The Balaban J connectivity index is 1.72. The van der Waals surface area contributed by atoms with Crippen LogP contribution in [0.25, 0.3) is 0 Å². The molecule has 3 rings (SSSR count). The monoisotopic (exact) mass is 336 g/mol. The Morgan fingerprint density at radius 2 is 1.89 bits per heavy atom. The van der Waals surface area contributed by atoms with Gasteiger partial charge in [-0.2, -0.15) is 0 Å². The molecule has 0 saturated carbocycles. The van der Waals surface area contributed by atoms with Crippen LogP contribution in [0.4, 0.5) is 0 Å². The van der Waals surface area contributed by atoms with E-state index in [0.29, 0.717) is 6.61 Å². The Kier molecular flexibility index (Phi) is 3.81. The number of hydrogen-bond acceptors (Lipinski definition) is 1. The van der Waals surface area contributed by atoms with Gasteiger partial charge >= 0.3 is 0 Å². The van der Waals surface area contributed by atoms with Crippen LogP contribution in [-0.2, 0) is 19.4 Å². The lowest BCUT2D eigenvalue weighted by Crippen LogP contribution is -1.97. The highest BCUT2D eigenvalue weighted by Crippen LogP contribution is 2.27. The third kappa shape index (κ3) is 2.96. The number of ether oxygens (including phenoxy) is 1. The number of benzene rings is 2. The molecular weight excluding hydrogens is 324 g/mol. The zero-order valence-electron chi connectivity index (χ0n) is 10.5. The van der Waals surface area contributed by atoms with Crippen molar-refractivity contribution in [2.24, 2.45) is 0 Å². The Bertz CT molecular complexity index is 610. The van der Waals surface area contributed by atoms with Gasteiger partial charge in [-0.15, -0.1) is 0 Å². The number of aryl methyl sites for hydroxylation is 2. The molecule has 0 spiro atoms. The van der Waals surface area contributed by atoms with Crippen molar-refractivity contribution in [3.8, 4) is 5.75 Å². The summed E-state index contributed by atoms with van der Waals surface area (Å²) < 4.78 is 6.82. The lowest BCUT2D eigenvalue weighted by atomic mass is 10.1. The fourth-order valence-corrected chi connectivity index (χ4v) is 3.17. The minimum Gasteiger partial charge on any atom is -0.489 e. The lowest BCUT2D eigenvalue weighted by molar-refractivity contribution is 0.306. The molecule has 1 aliphatic rings. The SMILES string of the molecule is Clc1cc(Br)ccc1COc1ccc2c(c1)CCC2. The normalized spacial score (nSPS) is 13.4. The first-order valence-corrected chi connectivity index (χ1v) is 7.58. The molecule has 2 aromatic carbocycles. The van der Waals surface area contributed by atoms with E-state index in [1.165, 1.54) is 30.4 Å². The summed E-state index contributed by atoms with van der Waals surface area (Å²) in [4.78, 5) is 0. The lowest BCUT2D eigenvalue weighted by Gasteiger charge is -2.09. The minimum atomic E-state index is 0.505. The predicted octanol–water partition coefficient (Wildman–Crippen LogP) is 5.17. The van der Waals surface area contributed by atoms with Crippen molar-refractivity contribution in [2.75, 3.05) is 0 Å². The second-order valence-electron chi connectivity index (χ2n) is 4.81. The van der Waals surface area contributed by atoms with Crippen LogP contribution >= 0.6 is 27.5 Å². The molecule has 3 heteroatoms. The molecule has 0 aliphatic heterocycles. The fraction of sp³-hybridized carbons (Fsp3) is 0.250. The summed E-state index contributed by atoms with van der Waals surface area (Å²) in [6, 6.07) is 12.3. The standard InChI is InChI=1S/C16H14BrClO/c17-14-6-4-13(16(18)9-14)10-19-15-7-5-11-2-1-3-12(11)8-15/h4-9H,1-3,10H2. The minimum absolute atomic E-state index is 0.505. The molecule has 0 heterocycles. The van der Waals surface area contributed by atoms with Crippen molar-refractivity contribution in [3.05, 3.63) is 62.6 Å². The van der Waals surface area contributed by atoms with E-state index in [0.717, 1.165) is 20.8 Å². The molecule has 0 unspecified atom stereocenters. The molecule has 0 atom stereocenters. The van der Waals surface area contributed by atoms with Crippen molar-refractivity contribution in [1.29, 1.82) is 0 Å². The summed E-state index contributed by atoms with van der Waals surface area (Å²) in [7, 11) is 0. The maximum Gasteiger partial charge on any atom is 0.120 e. The first-order chi connectivity index (χ1) is 9.22. The van der Waals surface area contributed by atoms with Crippen LogP contribution in [0.15, 0.2) is 40.9 Å². The molecule has 98 valence electrons. The maximum atomic E-state index is 6.18. The van der Waals surface area contributed by atoms with Crippen LogP contribution in [-0.4, -0.2) is 0 Å². The van der Waals surface area contributed by atoms with Gasteiger partial charge in [-0.05, 0) is 54.7 Å². The third-order valence-electron chi connectivity index (χ3n) is 3.48. The molecule has 0 N–H and O–H groups in total. The van der Waals surface area contributed by atoms with E-state index in [1.807, 2.05) is 18.2 Å². The Morgan fingerprint density at radius 1 is 1.05 bits per heavy atom. The van der Waals surface area contributed by atoms with Gasteiger partial charge in [0.25, 0.3) is 0 Å². The van der Waals surface area contributed by atoms with E-state index in [1.54, 1.807) is 0 Å². The summed E-state index contributed by atoms with van der Waals surface area (Å²) in [6.07, 6.45) is 3.64. The predicted molar refractivity (Wildman–Crippen MR) is 82.0 cm³/mol. The number of rotatable bonds is 3. The molecule has 1 nitrogen and oxygen atoms in total. The average molecular weight is 338 g/mol. The van der Waals surface area contributed by atoms with Gasteiger partial charge in [-0.1, -0.05) is 39.7 Å². The molecule has 0 aromatic heterocycles. The highest BCUT2D eigenvalue weighted by molar-refractivity contribution is 9.10. The highest BCUT2D eigenvalue weighted by Gasteiger charge is 2.11. The summed E-state index contributed by atoms with van der Waals surface area (Å²) >= 11 is 9.58. The molecule has 0 amide bonds. The van der Waals surface area contributed by atoms with Gasteiger partial charge in [0.1, 0.15) is 12.4 Å². The molecule has 1 aliphatic carbocycles. The first-order valence-electron chi connectivity index (χ1n) is 6.41. The van der Waals surface area contributed by atoms with Crippen molar-refractivity contribution < 1.29 is 4.74 Å². The topological polar surface area (TPSA) is 9.23 Å². The first kappa shape index (κ1) is 13.0. The zero-order chi connectivity index (χ0) is 13.2. The number of halogens is 2. The quantitative estimate of drug-likeness (QED) is 0.750. The van der Waals surface area contributed by atoms with Crippen LogP contribution in [0.2, 0.25) is 5.02 Å². The van der Waals surface area contributed by atoms with Crippen LogP contribution in [0.3, 0.4) is 0 Å². The molecule has 0 radical (unpaired) electrons. The maximum absolute atomic E-state index is 6.18. The van der Waals surface area contributed by atoms with E-state index >= 15 is 0 Å². The van der Waals surface area contributed by atoms with Crippen molar-refractivity contribution >= 4 is 27.5 Å². The molecule has 2 aromatic rings. The second-order valence-corrected chi connectivity index (χ2v) is 6.13. The van der Waals surface area contributed by atoms with Gasteiger partial charge in [0.2, 0.25) is 0 Å². The van der Waals surface area contributed by atoms with Gasteiger partial charge < -0.3 is 4.74 Å². The smallest absolute Gasteiger partial charge is 0.120 e. The van der Waals surface area contributed by atoms with E-state index in [-0.39, 0.29) is 0 Å². The largest absolute Gasteiger partial charge is 0.489 e. The van der Waals surface area contributed by atoms with Crippen LogP contribution in [0, 0.1) is 0 Å². The van der Waals surface area contributed by atoms with E-state index in [4.69, 9.17) is 16.3 Å². The van der Waals surface area contributed by atoms with E-state index < -0.39 is 0 Å². The summed E-state index contributed by atoms with van der Waals surface area (Å²) in [5.41, 5.74) is 3.90. The van der Waals surface area contributed by atoms with Gasteiger partial charge in [0.15, 0.2) is 0 Å². The summed E-state index contributed by atoms with van der Waals surface area (Å²) in [5, 5.41) is 0.732. The van der Waals surface area contributed by atoms with Gasteiger partial charge in [0.05, 0.1) is 0 Å². The van der Waals surface area contributed by atoms with E-state index in [9.17, 15) is 0 Å². The summed E-state index contributed by atoms with van der Waals surface area (Å²) in [5.74, 6) is 0.930. The van der Waals surface area contributed by atoms with Crippen molar-refractivity contribution in [1.82, 2.24) is 0 Å². The second kappa shape index (κ2) is 5.56. The van der Waals surface area contributed by atoms with E-state index in [2.05, 4.69) is 34.1 Å². The molecular formula is C16H14BrClO. The molecule has 0 fully saturated rings. The highest BCUT2D eigenvalue weighted by atomic mass is 79.9. The molecule has 0 bridgehead atoms. The van der Waals surface area contributed by atoms with Crippen LogP contribution < -0.4 is 4.74 Å². The van der Waals surface area contributed by atoms with Crippen molar-refractivity contribution in [2.45, 2.75) is 25.9 Å². The average Bonchev–Trinajstić information content (AvgIpc) is 2.85. The Morgan fingerprint density at radius 3 is 2.74 bits per heavy atom. The van der Waals surface area contributed by atoms with Gasteiger partial charge in [-0.3, -0.25) is 0 Å². The summed E-state index contributed by atoms with van der Waals surface area (Å²) in [6.45, 7) is 0.505. The number of hydrogen-bond donors (Lipinski definition) is 0. The molecule has 19 heavy (non-hydrogen) atoms. The molecule has 0 saturated heterocycles. The Hall–Kier alpha value is -0.990.